The molecule has 3 atom stereocenters. The third-order valence-corrected chi connectivity index (χ3v) is 8.98. The van der Waals surface area contributed by atoms with Gasteiger partial charge in [-0.3, -0.25) is 4.90 Å². The molecule has 7 heteroatoms. The molecule has 2 aliphatic heterocycles. The van der Waals surface area contributed by atoms with E-state index in [0.717, 1.165) is 32.5 Å². The Morgan fingerprint density at radius 1 is 0.974 bits per heavy atom. The van der Waals surface area contributed by atoms with Crippen LogP contribution in [-0.4, -0.2) is 66.9 Å². The van der Waals surface area contributed by atoms with Gasteiger partial charge in [0.25, 0.3) is 0 Å². The number of hydrogen-bond donors (Lipinski definition) is 2. The fraction of sp³-hybridized carbons (Fsp3) is 0.581. The lowest BCUT2D eigenvalue weighted by Gasteiger charge is -2.40. The fourth-order valence-corrected chi connectivity index (χ4v) is 7.00. The molecular weight excluding hydrogens is 478 g/mol. The molecule has 38 heavy (non-hydrogen) atoms. The molecule has 2 amide bonds. The molecule has 0 aromatic heterocycles. The van der Waals surface area contributed by atoms with Gasteiger partial charge in [-0.15, -0.1) is 0 Å². The van der Waals surface area contributed by atoms with Gasteiger partial charge in [-0.2, -0.15) is 0 Å². The Balaban J connectivity index is 1.24. The SMILES string of the molecule is COc1ccc(NC(=O)N(CCN2[C@@H]3CC[C@H]2CC(c2cccc(O)c2)C3)CC2CCCCC2)cc1OC. The second-order valence-electron chi connectivity index (χ2n) is 11.3. The number of phenolic OH excluding ortho intramolecular Hbond substituents is 1. The van der Waals surface area contributed by atoms with Gasteiger partial charge < -0.3 is 24.8 Å². The summed E-state index contributed by atoms with van der Waals surface area (Å²) in [6.07, 6.45) is 11.0. The smallest absolute Gasteiger partial charge is 0.321 e. The summed E-state index contributed by atoms with van der Waals surface area (Å²) in [5, 5.41) is 13.1. The summed E-state index contributed by atoms with van der Waals surface area (Å²) in [7, 11) is 3.22. The number of fused-ring (bicyclic) bond motifs is 2. The Labute approximate surface area is 227 Å². The number of anilines is 1. The Hall–Kier alpha value is -2.93. The van der Waals surface area contributed by atoms with Crippen LogP contribution in [0.15, 0.2) is 42.5 Å². The van der Waals surface area contributed by atoms with Crippen LogP contribution in [0.1, 0.15) is 69.3 Å². The van der Waals surface area contributed by atoms with E-state index in [0.29, 0.717) is 46.9 Å². The molecule has 2 aromatic rings. The van der Waals surface area contributed by atoms with E-state index in [-0.39, 0.29) is 6.03 Å². The van der Waals surface area contributed by atoms with Crippen LogP contribution in [-0.2, 0) is 0 Å². The number of phenols is 1. The number of piperidine rings is 1. The van der Waals surface area contributed by atoms with Crippen molar-refractivity contribution in [3.8, 4) is 17.2 Å². The summed E-state index contributed by atoms with van der Waals surface area (Å²) >= 11 is 0. The highest BCUT2D eigenvalue weighted by Crippen LogP contribution is 2.43. The number of nitrogens with zero attached hydrogens (tertiary/aromatic N) is 2. The number of benzene rings is 2. The number of rotatable bonds is 9. The first-order valence-electron chi connectivity index (χ1n) is 14.4. The number of urea groups is 1. The lowest BCUT2D eigenvalue weighted by atomic mass is 9.85. The molecule has 2 saturated heterocycles. The van der Waals surface area contributed by atoms with E-state index in [1.807, 2.05) is 35.2 Å². The Bertz CT molecular complexity index is 1070. The molecule has 0 spiro atoms. The van der Waals surface area contributed by atoms with Gasteiger partial charge in [0.2, 0.25) is 0 Å². The summed E-state index contributed by atoms with van der Waals surface area (Å²) in [6.45, 7) is 2.46. The molecule has 1 saturated carbocycles. The van der Waals surface area contributed by atoms with Crippen molar-refractivity contribution in [2.24, 2.45) is 5.92 Å². The highest BCUT2D eigenvalue weighted by atomic mass is 16.5. The van der Waals surface area contributed by atoms with E-state index in [1.54, 1.807) is 20.3 Å². The zero-order chi connectivity index (χ0) is 26.5. The molecule has 206 valence electrons. The normalized spacial score (nSPS) is 23.7. The average molecular weight is 522 g/mol. The Morgan fingerprint density at radius 2 is 1.71 bits per heavy atom. The molecule has 2 bridgehead atoms. The van der Waals surface area contributed by atoms with Gasteiger partial charge in [0.05, 0.1) is 14.2 Å². The maximum Gasteiger partial charge on any atom is 0.321 e. The van der Waals surface area contributed by atoms with E-state index < -0.39 is 0 Å². The van der Waals surface area contributed by atoms with Gasteiger partial charge in [0.1, 0.15) is 5.75 Å². The first-order chi connectivity index (χ1) is 18.5. The van der Waals surface area contributed by atoms with Crippen molar-refractivity contribution < 1.29 is 19.4 Å². The highest BCUT2D eigenvalue weighted by Gasteiger charge is 2.41. The number of amides is 2. The fourth-order valence-electron chi connectivity index (χ4n) is 7.00. The monoisotopic (exact) mass is 521 g/mol. The highest BCUT2D eigenvalue weighted by molar-refractivity contribution is 5.89. The number of ether oxygens (including phenoxy) is 2. The maximum absolute atomic E-state index is 13.6. The minimum Gasteiger partial charge on any atom is -0.508 e. The van der Waals surface area contributed by atoms with Crippen molar-refractivity contribution in [1.29, 1.82) is 0 Å². The van der Waals surface area contributed by atoms with Gasteiger partial charge in [-0.25, -0.2) is 4.79 Å². The lowest BCUT2D eigenvalue weighted by molar-refractivity contribution is 0.108. The first kappa shape index (κ1) is 26.7. The van der Waals surface area contributed by atoms with Crippen LogP contribution >= 0.6 is 0 Å². The van der Waals surface area contributed by atoms with Crippen LogP contribution in [0.2, 0.25) is 0 Å². The van der Waals surface area contributed by atoms with Crippen LogP contribution in [0.3, 0.4) is 0 Å². The second kappa shape index (κ2) is 12.3. The van der Waals surface area contributed by atoms with Crippen molar-refractivity contribution in [3.63, 3.8) is 0 Å². The molecular formula is C31H43N3O4. The number of aromatic hydroxyl groups is 1. The molecule has 3 fully saturated rings. The zero-order valence-corrected chi connectivity index (χ0v) is 22.9. The third kappa shape index (κ3) is 6.20. The predicted octanol–water partition coefficient (Wildman–Crippen LogP) is 6.23. The van der Waals surface area contributed by atoms with Crippen LogP contribution in [0, 0.1) is 5.92 Å². The summed E-state index contributed by atoms with van der Waals surface area (Å²) < 4.78 is 10.8. The van der Waals surface area contributed by atoms with E-state index in [4.69, 9.17) is 9.47 Å². The summed E-state index contributed by atoms with van der Waals surface area (Å²) in [4.78, 5) is 18.3. The van der Waals surface area contributed by atoms with E-state index in [9.17, 15) is 9.90 Å². The van der Waals surface area contributed by atoms with Crippen LogP contribution in [0.4, 0.5) is 10.5 Å². The number of hydrogen-bond acceptors (Lipinski definition) is 5. The molecule has 7 nitrogen and oxygen atoms in total. The largest absolute Gasteiger partial charge is 0.508 e. The molecule has 2 N–H and O–H groups in total. The summed E-state index contributed by atoms with van der Waals surface area (Å²) in [6, 6.07) is 14.4. The minimum atomic E-state index is -0.0372. The maximum atomic E-state index is 13.6. The van der Waals surface area contributed by atoms with Gasteiger partial charge in [-0.1, -0.05) is 31.4 Å². The molecule has 1 unspecified atom stereocenters. The standard InChI is InChI=1S/C31H43N3O4/c1-37-29-14-11-25(20-30(29)38-2)32-31(36)33(21-22-7-4-3-5-8-22)15-16-34-26-12-13-27(34)18-24(17-26)23-9-6-10-28(35)19-23/h6,9-11,14,19-20,22,24,26-27,35H,3-5,7-8,12-13,15-18,21H2,1-2H3,(H,32,36)/t24?,26-,27+. The minimum absolute atomic E-state index is 0.0372. The molecule has 0 radical (unpaired) electrons. The van der Waals surface area contributed by atoms with Crippen molar-refractivity contribution in [3.05, 3.63) is 48.0 Å². The Kier molecular flexibility index (Phi) is 8.62. The molecule has 1 aliphatic carbocycles. The van der Waals surface area contributed by atoms with Crippen LogP contribution in [0.25, 0.3) is 0 Å². The van der Waals surface area contributed by atoms with Gasteiger partial charge in [-0.05, 0) is 80.2 Å². The van der Waals surface area contributed by atoms with Crippen molar-refractivity contribution in [1.82, 2.24) is 9.80 Å². The number of carbonyl (C=O) groups excluding carboxylic acids is 1. The van der Waals surface area contributed by atoms with Crippen LogP contribution in [0.5, 0.6) is 17.2 Å². The van der Waals surface area contributed by atoms with Gasteiger partial charge >= 0.3 is 6.03 Å². The van der Waals surface area contributed by atoms with Crippen molar-refractivity contribution in [2.75, 3.05) is 39.2 Å². The molecule has 3 aliphatic rings. The zero-order valence-electron chi connectivity index (χ0n) is 22.9. The van der Waals surface area contributed by atoms with Gasteiger partial charge in [0.15, 0.2) is 11.5 Å². The van der Waals surface area contributed by atoms with Gasteiger partial charge in [0, 0.05) is 43.5 Å². The predicted molar refractivity (Wildman–Crippen MR) is 150 cm³/mol. The molecule has 5 rings (SSSR count). The quantitative estimate of drug-likeness (QED) is 0.409. The lowest BCUT2D eigenvalue weighted by Crippen LogP contribution is -2.48. The first-order valence-corrected chi connectivity index (χ1v) is 14.4. The van der Waals surface area contributed by atoms with E-state index in [1.165, 1.54) is 50.5 Å². The number of methoxy groups -OCH3 is 2. The van der Waals surface area contributed by atoms with E-state index >= 15 is 0 Å². The van der Waals surface area contributed by atoms with Crippen LogP contribution < -0.4 is 14.8 Å². The molecule has 2 heterocycles. The number of carbonyl (C=O) groups is 1. The third-order valence-electron chi connectivity index (χ3n) is 8.98. The summed E-state index contributed by atoms with van der Waals surface area (Å²) in [5.41, 5.74) is 1.98. The Morgan fingerprint density at radius 3 is 2.39 bits per heavy atom. The van der Waals surface area contributed by atoms with Crippen molar-refractivity contribution in [2.45, 2.75) is 75.8 Å². The van der Waals surface area contributed by atoms with E-state index in [2.05, 4.69) is 16.3 Å². The average Bonchev–Trinajstić information content (AvgIpc) is 3.17. The number of nitrogens with one attached hydrogen (secondary N) is 1. The summed E-state index contributed by atoms with van der Waals surface area (Å²) in [5.74, 6) is 2.69. The molecule has 2 aromatic carbocycles. The second-order valence-corrected chi connectivity index (χ2v) is 11.3. The topological polar surface area (TPSA) is 74.3 Å². The van der Waals surface area contributed by atoms with Crippen molar-refractivity contribution >= 4 is 11.7 Å².